The van der Waals surface area contributed by atoms with E-state index in [0.717, 1.165) is 25.9 Å². The summed E-state index contributed by atoms with van der Waals surface area (Å²) >= 11 is 0. The van der Waals surface area contributed by atoms with Gasteiger partial charge in [-0.3, -0.25) is 14.2 Å². The maximum atomic E-state index is 14.1. The second-order valence-corrected chi connectivity index (χ2v) is 9.50. The van der Waals surface area contributed by atoms with Gasteiger partial charge in [-0.05, 0) is 44.0 Å². The number of para-hydroxylation sites is 1. The lowest BCUT2D eigenvalue weighted by atomic mass is 10.1. The van der Waals surface area contributed by atoms with Crippen LogP contribution in [0.5, 0.6) is 0 Å². The molecule has 3 heterocycles. The molecule has 4 aromatic rings. The molecule has 5 rings (SSSR count). The molecule has 0 radical (unpaired) electrons. The Morgan fingerprint density at radius 3 is 2.62 bits per heavy atom. The third-order valence-corrected chi connectivity index (χ3v) is 6.75. The molecule has 0 spiro atoms. The number of aromatic nitrogens is 4. The quantitative estimate of drug-likeness (QED) is 0.359. The lowest BCUT2D eigenvalue weighted by molar-refractivity contribution is -0.129. The highest BCUT2D eigenvalue weighted by Gasteiger charge is 2.21. The molecule has 3 N–H and O–H groups in total. The summed E-state index contributed by atoms with van der Waals surface area (Å²) in [5.74, 6) is 7.00. The number of nitrogens with zero attached hydrogens (tertiary/aromatic N) is 6. The number of carbonyl (C=O) groups excluding carboxylic acids is 1. The molecule has 200 valence electrons. The molecular formula is C30H28N8O2. The van der Waals surface area contributed by atoms with Crippen molar-refractivity contribution in [3.8, 4) is 23.6 Å². The van der Waals surface area contributed by atoms with Crippen molar-refractivity contribution in [2.45, 2.75) is 38.6 Å². The van der Waals surface area contributed by atoms with Crippen LogP contribution in [0.25, 0.3) is 16.6 Å². The molecule has 1 aliphatic heterocycles. The normalized spacial score (nSPS) is 13.3. The SMILES string of the molecule is CC(Nc1nc(N)ncc1C#N)c1nc2cccc(C#CCCC(=O)N3CCCC3)c2c(=O)n1-c1ccccc1. The molecule has 10 heteroatoms. The molecule has 2 aromatic heterocycles. The minimum Gasteiger partial charge on any atom is -0.368 e. The van der Waals surface area contributed by atoms with Crippen LogP contribution in [0, 0.1) is 23.2 Å². The fourth-order valence-corrected chi connectivity index (χ4v) is 4.78. The zero-order valence-electron chi connectivity index (χ0n) is 22.1. The standard InChI is InChI=1S/C30H28N8O2/c1-20(34-27-22(18-31)19-33-30(32)36-27)28-35-24-14-9-11-21(10-5-6-15-25(39)37-16-7-8-17-37)26(24)29(40)38(28)23-12-3-2-4-13-23/h2-4,9,11-14,19-20H,6-8,15-17H2,1H3,(H3,32,33,34,36). The summed E-state index contributed by atoms with van der Waals surface area (Å²) < 4.78 is 1.54. The van der Waals surface area contributed by atoms with E-state index < -0.39 is 6.04 Å². The molecule has 40 heavy (non-hydrogen) atoms. The van der Waals surface area contributed by atoms with Gasteiger partial charge in [0, 0.05) is 31.5 Å². The fourth-order valence-electron chi connectivity index (χ4n) is 4.78. The average molecular weight is 533 g/mol. The first kappa shape index (κ1) is 26.4. The van der Waals surface area contributed by atoms with Crippen LogP contribution in [0.2, 0.25) is 0 Å². The predicted molar refractivity (Wildman–Crippen MR) is 152 cm³/mol. The monoisotopic (exact) mass is 532 g/mol. The van der Waals surface area contributed by atoms with Crippen molar-refractivity contribution in [2.75, 3.05) is 24.1 Å². The molecule has 0 saturated carbocycles. The Bertz CT molecular complexity index is 1720. The van der Waals surface area contributed by atoms with Gasteiger partial charge in [0.05, 0.1) is 28.8 Å². The van der Waals surface area contributed by atoms with E-state index in [-0.39, 0.29) is 28.8 Å². The van der Waals surface area contributed by atoms with Gasteiger partial charge in [0.25, 0.3) is 5.56 Å². The van der Waals surface area contributed by atoms with Gasteiger partial charge in [-0.1, -0.05) is 36.1 Å². The Balaban J connectivity index is 1.54. The topological polar surface area (TPSA) is 143 Å². The number of amides is 1. The predicted octanol–water partition coefficient (Wildman–Crippen LogP) is 3.56. The van der Waals surface area contributed by atoms with Crippen LogP contribution in [0.3, 0.4) is 0 Å². The van der Waals surface area contributed by atoms with Gasteiger partial charge in [0.2, 0.25) is 11.9 Å². The van der Waals surface area contributed by atoms with Gasteiger partial charge in [0.1, 0.15) is 23.3 Å². The lowest BCUT2D eigenvalue weighted by Crippen LogP contribution is -2.28. The summed E-state index contributed by atoms with van der Waals surface area (Å²) in [5.41, 5.74) is 7.37. The number of hydrogen-bond acceptors (Lipinski definition) is 8. The summed E-state index contributed by atoms with van der Waals surface area (Å²) in [6, 6.07) is 16.1. The van der Waals surface area contributed by atoms with Crippen molar-refractivity contribution in [3.05, 3.63) is 82.0 Å². The zero-order chi connectivity index (χ0) is 28.1. The summed E-state index contributed by atoms with van der Waals surface area (Å²) in [6.07, 6.45) is 4.22. The van der Waals surface area contributed by atoms with Crippen LogP contribution < -0.4 is 16.6 Å². The van der Waals surface area contributed by atoms with Gasteiger partial charge in [-0.2, -0.15) is 10.2 Å². The maximum Gasteiger partial charge on any atom is 0.267 e. The minimum absolute atomic E-state index is 0.0194. The van der Waals surface area contributed by atoms with E-state index in [1.807, 2.05) is 48.2 Å². The number of carbonyl (C=O) groups is 1. The molecule has 1 aliphatic rings. The lowest BCUT2D eigenvalue weighted by Gasteiger charge is -2.20. The molecule has 2 aromatic carbocycles. The van der Waals surface area contributed by atoms with Crippen LogP contribution in [-0.2, 0) is 4.79 Å². The van der Waals surface area contributed by atoms with Crippen LogP contribution in [0.4, 0.5) is 11.8 Å². The fraction of sp³-hybridized carbons (Fsp3) is 0.267. The van der Waals surface area contributed by atoms with Gasteiger partial charge in [-0.15, -0.1) is 0 Å². The number of benzene rings is 2. The molecule has 1 unspecified atom stereocenters. The summed E-state index contributed by atoms with van der Waals surface area (Å²) in [4.78, 5) is 41.3. The number of fused-ring (bicyclic) bond motifs is 1. The van der Waals surface area contributed by atoms with Crippen molar-refractivity contribution in [3.63, 3.8) is 0 Å². The Hall–Kier alpha value is -5.22. The number of nitrogen functional groups attached to an aromatic ring is 1. The number of nitrogens with one attached hydrogen (secondary N) is 1. The van der Waals surface area contributed by atoms with E-state index >= 15 is 0 Å². The van der Waals surface area contributed by atoms with Crippen molar-refractivity contribution in [1.82, 2.24) is 24.4 Å². The minimum atomic E-state index is -0.537. The molecule has 1 atom stereocenters. The van der Waals surface area contributed by atoms with Crippen molar-refractivity contribution in [1.29, 1.82) is 5.26 Å². The summed E-state index contributed by atoms with van der Waals surface area (Å²) in [6.45, 7) is 3.46. The smallest absolute Gasteiger partial charge is 0.267 e. The Kier molecular flexibility index (Phi) is 7.70. The van der Waals surface area contributed by atoms with E-state index in [1.54, 1.807) is 16.7 Å². The van der Waals surface area contributed by atoms with Crippen molar-refractivity contribution in [2.24, 2.45) is 0 Å². The summed E-state index contributed by atoms with van der Waals surface area (Å²) in [7, 11) is 0. The molecule has 1 amide bonds. The first-order chi connectivity index (χ1) is 19.5. The maximum absolute atomic E-state index is 14.1. The van der Waals surface area contributed by atoms with Crippen LogP contribution in [0.1, 0.15) is 55.6 Å². The van der Waals surface area contributed by atoms with E-state index in [4.69, 9.17) is 10.7 Å². The van der Waals surface area contributed by atoms with Gasteiger partial charge < -0.3 is 16.0 Å². The van der Waals surface area contributed by atoms with E-state index in [1.165, 1.54) is 6.20 Å². The van der Waals surface area contributed by atoms with Crippen LogP contribution in [0.15, 0.2) is 59.5 Å². The number of rotatable bonds is 6. The Morgan fingerprint density at radius 1 is 1.10 bits per heavy atom. The summed E-state index contributed by atoms with van der Waals surface area (Å²) in [5, 5.41) is 13.1. The second kappa shape index (κ2) is 11.7. The molecular weight excluding hydrogens is 504 g/mol. The van der Waals surface area contributed by atoms with Crippen molar-refractivity contribution >= 4 is 28.6 Å². The number of likely N-dealkylation sites (tertiary alicyclic amines) is 1. The van der Waals surface area contributed by atoms with Gasteiger partial charge in [-0.25, -0.2) is 9.97 Å². The van der Waals surface area contributed by atoms with Crippen LogP contribution >= 0.6 is 0 Å². The molecule has 0 aliphatic carbocycles. The average Bonchev–Trinajstić information content (AvgIpc) is 3.51. The number of nitriles is 1. The molecule has 0 bridgehead atoms. The zero-order valence-corrected chi connectivity index (χ0v) is 22.1. The first-order valence-electron chi connectivity index (χ1n) is 13.1. The van der Waals surface area contributed by atoms with Gasteiger partial charge in [0.15, 0.2) is 0 Å². The Morgan fingerprint density at radius 2 is 1.88 bits per heavy atom. The molecule has 1 saturated heterocycles. The third kappa shape index (κ3) is 5.47. The second-order valence-electron chi connectivity index (χ2n) is 9.50. The first-order valence-corrected chi connectivity index (χ1v) is 13.1. The van der Waals surface area contributed by atoms with E-state index in [0.29, 0.717) is 40.8 Å². The molecule has 1 fully saturated rings. The largest absolute Gasteiger partial charge is 0.368 e. The third-order valence-electron chi connectivity index (χ3n) is 6.75. The van der Waals surface area contributed by atoms with E-state index in [9.17, 15) is 14.9 Å². The van der Waals surface area contributed by atoms with Crippen LogP contribution in [-0.4, -0.2) is 43.4 Å². The number of nitrogens with two attached hydrogens (primary N) is 1. The highest BCUT2D eigenvalue weighted by Crippen LogP contribution is 2.24. The van der Waals surface area contributed by atoms with Gasteiger partial charge >= 0.3 is 0 Å². The Labute approximate surface area is 231 Å². The van der Waals surface area contributed by atoms with E-state index in [2.05, 4.69) is 33.2 Å². The number of anilines is 2. The number of hydrogen-bond donors (Lipinski definition) is 2. The molecule has 10 nitrogen and oxygen atoms in total. The van der Waals surface area contributed by atoms with Crippen molar-refractivity contribution < 1.29 is 4.79 Å². The highest BCUT2D eigenvalue weighted by atomic mass is 16.2. The highest BCUT2D eigenvalue weighted by molar-refractivity contribution is 5.85.